The molecule has 0 aliphatic carbocycles. The molecule has 0 atom stereocenters. The van der Waals surface area contributed by atoms with Gasteiger partial charge in [-0.3, -0.25) is 4.79 Å². The molecule has 0 saturated carbocycles. The first kappa shape index (κ1) is 20.6. The van der Waals surface area contributed by atoms with E-state index in [-0.39, 0.29) is 11.3 Å². The highest BCUT2D eigenvalue weighted by molar-refractivity contribution is 7.88. The van der Waals surface area contributed by atoms with Crippen LogP contribution < -0.4 is 10.1 Å². The molecule has 7 nitrogen and oxygen atoms in total. The van der Waals surface area contributed by atoms with Crippen LogP contribution in [-0.2, 0) is 14.8 Å². The van der Waals surface area contributed by atoms with E-state index in [1.807, 2.05) is 0 Å². The van der Waals surface area contributed by atoms with E-state index in [1.165, 1.54) is 29.8 Å². The van der Waals surface area contributed by atoms with Gasteiger partial charge in [-0.2, -0.15) is 0 Å². The zero-order valence-electron chi connectivity index (χ0n) is 15.2. The summed E-state index contributed by atoms with van der Waals surface area (Å²) in [5, 5.41) is 2.97. The molecule has 1 heterocycles. The predicted octanol–water partition coefficient (Wildman–Crippen LogP) is 1.39. The summed E-state index contributed by atoms with van der Waals surface area (Å²) >= 11 is 0. The predicted molar refractivity (Wildman–Crippen MR) is 95.3 cm³/mol. The minimum Gasteiger partial charge on any atom is -0.494 e. The molecule has 0 aromatic heterocycles. The van der Waals surface area contributed by atoms with Crippen LogP contribution in [0.2, 0.25) is 0 Å². The van der Waals surface area contributed by atoms with Crippen LogP contribution in [0.1, 0.15) is 29.6 Å². The summed E-state index contributed by atoms with van der Waals surface area (Å²) in [7, 11) is -0.341. The van der Waals surface area contributed by atoms with Gasteiger partial charge in [-0.15, -0.1) is 0 Å². The van der Waals surface area contributed by atoms with Gasteiger partial charge in [0.1, 0.15) is 0 Å². The van der Waals surface area contributed by atoms with E-state index in [4.69, 9.17) is 9.47 Å². The number of benzene rings is 1. The highest BCUT2D eigenvalue weighted by atomic mass is 32.2. The molecule has 1 fully saturated rings. The first-order valence-corrected chi connectivity index (χ1v) is 10.2. The second kappa shape index (κ2) is 8.32. The summed E-state index contributed by atoms with van der Waals surface area (Å²) < 4.78 is 48.7. The lowest BCUT2D eigenvalue weighted by Crippen LogP contribution is -2.56. The summed E-state index contributed by atoms with van der Waals surface area (Å²) in [5.74, 6) is -0.953. The number of piperidine rings is 1. The Morgan fingerprint density at radius 2 is 1.96 bits per heavy atom. The van der Waals surface area contributed by atoms with Crippen molar-refractivity contribution in [2.45, 2.75) is 24.8 Å². The summed E-state index contributed by atoms with van der Waals surface area (Å²) in [6.45, 7) is 1.07. The van der Waals surface area contributed by atoms with Gasteiger partial charge in [0.05, 0.1) is 13.4 Å². The molecule has 0 bridgehead atoms. The van der Waals surface area contributed by atoms with Crippen LogP contribution in [-0.4, -0.2) is 64.3 Å². The minimum absolute atomic E-state index is 0.0668. The van der Waals surface area contributed by atoms with Gasteiger partial charge in [-0.25, -0.2) is 17.1 Å². The Bertz CT molecular complexity index is 746. The number of amides is 1. The first-order chi connectivity index (χ1) is 12.2. The SMILES string of the molecule is COCCC1(NC(=O)c2ccc(OC)c(F)c2)CCN(S(C)(=O)=O)CC1. The Hall–Kier alpha value is -1.71. The van der Waals surface area contributed by atoms with Crippen LogP contribution >= 0.6 is 0 Å². The Morgan fingerprint density at radius 3 is 2.46 bits per heavy atom. The van der Waals surface area contributed by atoms with E-state index in [9.17, 15) is 17.6 Å². The molecular weight excluding hydrogens is 363 g/mol. The van der Waals surface area contributed by atoms with Crippen LogP contribution in [0.3, 0.4) is 0 Å². The van der Waals surface area contributed by atoms with Gasteiger partial charge in [0.25, 0.3) is 5.91 Å². The molecule has 1 saturated heterocycles. The number of ether oxygens (including phenoxy) is 2. The maximum atomic E-state index is 13.9. The molecule has 9 heteroatoms. The molecule has 0 spiro atoms. The molecule has 146 valence electrons. The van der Waals surface area contributed by atoms with Crippen molar-refractivity contribution in [2.75, 3.05) is 40.2 Å². The molecule has 0 unspecified atom stereocenters. The molecular formula is C17H25FN2O5S. The minimum atomic E-state index is -3.26. The third-order valence-corrected chi connectivity index (χ3v) is 6.03. The van der Waals surface area contributed by atoms with Crippen LogP contribution in [0.15, 0.2) is 18.2 Å². The average molecular weight is 388 g/mol. The zero-order valence-corrected chi connectivity index (χ0v) is 16.1. The molecule has 1 aromatic carbocycles. The molecule has 1 aliphatic heterocycles. The maximum absolute atomic E-state index is 13.9. The number of rotatable bonds is 7. The van der Waals surface area contributed by atoms with Crippen molar-refractivity contribution in [3.8, 4) is 5.75 Å². The topological polar surface area (TPSA) is 84.9 Å². The van der Waals surface area contributed by atoms with Crippen molar-refractivity contribution in [1.29, 1.82) is 0 Å². The van der Waals surface area contributed by atoms with Crippen molar-refractivity contribution in [3.63, 3.8) is 0 Å². The smallest absolute Gasteiger partial charge is 0.251 e. The maximum Gasteiger partial charge on any atom is 0.251 e. The van der Waals surface area contributed by atoms with Gasteiger partial charge in [-0.05, 0) is 37.5 Å². The van der Waals surface area contributed by atoms with Crippen LogP contribution in [0, 0.1) is 5.82 Å². The number of sulfonamides is 1. The van der Waals surface area contributed by atoms with Gasteiger partial charge in [-0.1, -0.05) is 0 Å². The van der Waals surface area contributed by atoms with Crippen molar-refractivity contribution in [3.05, 3.63) is 29.6 Å². The zero-order chi connectivity index (χ0) is 19.4. The van der Waals surface area contributed by atoms with E-state index >= 15 is 0 Å². The molecule has 1 N–H and O–H groups in total. The quantitative estimate of drug-likeness (QED) is 0.763. The number of nitrogens with one attached hydrogen (secondary N) is 1. The van der Waals surface area contributed by atoms with Gasteiger partial charge in [0.15, 0.2) is 11.6 Å². The van der Waals surface area contributed by atoms with Crippen LogP contribution in [0.25, 0.3) is 0 Å². The summed E-state index contributed by atoms with van der Waals surface area (Å²) in [4.78, 5) is 12.6. The molecule has 1 aliphatic rings. The highest BCUT2D eigenvalue weighted by Crippen LogP contribution is 2.28. The standard InChI is InChI=1S/C17H25FN2O5S/c1-24-11-8-17(6-9-20(10-7-17)26(3,22)23)19-16(21)13-4-5-15(25-2)14(18)12-13/h4-5,12H,6-11H2,1-3H3,(H,19,21). The fourth-order valence-corrected chi connectivity index (χ4v) is 3.95. The van der Waals surface area contributed by atoms with Crippen molar-refractivity contribution in [2.24, 2.45) is 0 Å². The summed E-state index contributed by atoms with van der Waals surface area (Å²) in [5.41, 5.74) is -0.407. The summed E-state index contributed by atoms with van der Waals surface area (Å²) in [6.07, 6.45) is 2.65. The Kier molecular flexibility index (Phi) is 6.59. The van der Waals surface area contributed by atoms with Crippen LogP contribution in [0.5, 0.6) is 5.75 Å². The fraction of sp³-hybridized carbons (Fsp3) is 0.588. The molecule has 2 rings (SSSR count). The number of halogens is 1. The number of hydrogen-bond donors (Lipinski definition) is 1. The van der Waals surface area contributed by atoms with E-state index in [0.29, 0.717) is 39.0 Å². The van der Waals surface area contributed by atoms with E-state index < -0.39 is 27.3 Å². The van der Waals surface area contributed by atoms with Crippen LogP contribution in [0.4, 0.5) is 4.39 Å². The number of methoxy groups -OCH3 is 2. The fourth-order valence-electron chi connectivity index (χ4n) is 3.10. The number of hydrogen-bond acceptors (Lipinski definition) is 5. The van der Waals surface area contributed by atoms with Crippen molar-refractivity contribution in [1.82, 2.24) is 9.62 Å². The van der Waals surface area contributed by atoms with Crippen molar-refractivity contribution < 1.29 is 27.1 Å². The van der Waals surface area contributed by atoms with Gasteiger partial charge in [0, 0.05) is 37.9 Å². The average Bonchev–Trinajstić information content (AvgIpc) is 2.59. The van der Waals surface area contributed by atoms with E-state index in [2.05, 4.69) is 5.32 Å². The second-order valence-corrected chi connectivity index (χ2v) is 8.47. The monoisotopic (exact) mass is 388 g/mol. The van der Waals surface area contributed by atoms with Gasteiger partial charge in [0.2, 0.25) is 10.0 Å². The van der Waals surface area contributed by atoms with E-state index in [1.54, 1.807) is 7.11 Å². The lowest BCUT2D eigenvalue weighted by molar-refractivity contribution is 0.0783. The number of carbonyl (C=O) groups excluding carboxylic acids is 1. The lowest BCUT2D eigenvalue weighted by Gasteiger charge is -2.41. The number of carbonyl (C=O) groups is 1. The van der Waals surface area contributed by atoms with Gasteiger partial charge >= 0.3 is 0 Å². The number of nitrogens with zero attached hydrogens (tertiary/aromatic N) is 1. The van der Waals surface area contributed by atoms with Crippen molar-refractivity contribution >= 4 is 15.9 Å². The molecule has 0 radical (unpaired) electrons. The highest BCUT2D eigenvalue weighted by Gasteiger charge is 2.38. The molecule has 26 heavy (non-hydrogen) atoms. The third kappa shape index (κ3) is 4.93. The normalized spacial score (nSPS) is 17.7. The Morgan fingerprint density at radius 1 is 1.31 bits per heavy atom. The van der Waals surface area contributed by atoms with Gasteiger partial charge < -0.3 is 14.8 Å². The Labute approximate surface area is 153 Å². The first-order valence-electron chi connectivity index (χ1n) is 8.31. The largest absolute Gasteiger partial charge is 0.494 e. The molecule has 1 amide bonds. The lowest BCUT2D eigenvalue weighted by atomic mass is 9.85. The third-order valence-electron chi connectivity index (χ3n) is 4.73. The summed E-state index contributed by atoms with van der Waals surface area (Å²) in [6, 6.07) is 4.02. The second-order valence-electron chi connectivity index (χ2n) is 6.49. The molecule has 1 aromatic rings. The van der Waals surface area contributed by atoms with E-state index in [0.717, 1.165) is 6.07 Å². The Balaban J connectivity index is 2.15.